The van der Waals surface area contributed by atoms with Crippen molar-refractivity contribution in [3.05, 3.63) is 91.0 Å². The molecule has 5 nitrogen and oxygen atoms in total. The number of carbonyl (C=O) groups excluding carboxylic acids is 1. The van der Waals surface area contributed by atoms with Crippen LogP contribution in [0.4, 0.5) is 0 Å². The number of carbonyl (C=O) groups is 1. The molecule has 1 aliphatic rings. The van der Waals surface area contributed by atoms with Crippen molar-refractivity contribution in [1.82, 2.24) is 5.43 Å². The molecule has 1 amide bonds. The van der Waals surface area contributed by atoms with Gasteiger partial charge in [-0.1, -0.05) is 47.5 Å². The van der Waals surface area contributed by atoms with Gasteiger partial charge in [0.05, 0.1) is 20.8 Å². The first kappa shape index (κ1) is 26.5. The molecular weight excluding hydrogens is 638 g/mol. The van der Waals surface area contributed by atoms with E-state index >= 15 is 0 Å². The maximum Gasteiger partial charge on any atom is 0.277 e. The Morgan fingerprint density at radius 1 is 1.03 bits per heavy atom. The number of halogens is 3. The summed E-state index contributed by atoms with van der Waals surface area (Å²) in [5, 5.41) is 4.68. The number of hydrogen-bond donors (Lipinski definition) is 1. The molecule has 1 N–H and O–H groups in total. The SMILES string of the molecule is O=C(COc1ccc(C2SCCS2)cc1)N/N=C\c1cc(Cl)c(OCc2ccc(I)cc2)c(Cl)c1. The summed E-state index contributed by atoms with van der Waals surface area (Å²) in [5.74, 6) is 3.02. The van der Waals surface area contributed by atoms with Crippen LogP contribution in [0.2, 0.25) is 10.0 Å². The second-order valence-electron chi connectivity index (χ2n) is 7.45. The van der Waals surface area contributed by atoms with Crippen molar-refractivity contribution < 1.29 is 14.3 Å². The van der Waals surface area contributed by atoms with Crippen molar-refractivity contribution in [3.8, 4) is 11.5 Å². The monoisotopic (exact) mass is 658 g/mol. The van der Waals surface area contributed by atoms with Gasteiger partial charge in [0.2, 0.25) is 0 Å². The molecule has 3 aromatic carbocycles. The van der Waals surface area contributed by atoms with Gasteiger partial charge in [-0.05, 0) is 75.7 Å². The summed E-state index contributed by atoms with van der Waals surface area (Å²) < 4.78 is 13.0. The first-order chi connectivity index (χ1) is 17.0. The van der Waals surface area contributed by atoms with E-state index in [0.29, 0.717) is 38.3 Å². The van der Waals surface area contributed by atoms with Crippen LogP contribution in [0.1, 0.15) is 21.3 Å². The number of hydrazone groups is 1. The highest BCUT2D eigenvalue weighted by Crippen LogP contribution is 2.45. The molecule has 0 bridgehead atoms. The summed E-state index contributed by atoms with van der Waals surface area (Å²) in [4.78, 5) is 12.1. The molecule has 1 saturated heterocycles. The lowest BCUT2D eigenvalue weighted by Crippen LogP contribution is -2.24. The smallest absolute Gasteiger partial charge is 0.277 e. The third-order valence-electron chi connectivity index (χ3n) is 4.86. The van der Waals surface area contributed by atoms with Crippen molar-refractivity contribution in [1.29, 1.82) is 0 Å². The van der Waals surface area contributed by atoms with E-state index in [-0.39, 0.29) is 12.5 Å². The Morgan fingerprint density at radius 3 is 2.34 bits per heavy atom. The molecule has 0 unspecified atom stereocenters. The van der Waals surface area contributed by atoms with Crippen molar-refractivity contribution in [3.63, 3.8) is 0 Å². The van der Waals surface area contributed by atoms with Crippen LogP contribution in [-0.4, -0.2) is 30.2 Å². The Balaban J connectivity index is 1.25. The molecule has 3 aromatic rings. The molecule has 0 atom stereocenters. The number of ether oxygens (including phenoxy) is 2. The third-order valence-corrected chi connectivity index (χ3v) is 9.25. The van der Waals surface area contributed by atoms with Gasteiger partial charge in [-0.3, -0.25) is 4.79 Å². The van der Waals surface area contributed by atoms with Crippen LogP contribution in [0, 0.1) is 3.57 Å². The number of nitrogens with zero attached hydrogens (tertiary/aromatic N) is 1. The highest BCUT2D eigenvalue weighted by molar-refractivity contribution is 14.1. The van der Waals surface area contributed by atoms with Gasteiger partial charge < -0.3 is 9.47 Å². The topological polar surface area (TPSA) is 59.9 Å². The van der Waals surface area contributed by atoms with Gasteiger partial charge in [0.15, 0.2) is 12.4 Å². The molecule has 1 heterocycles. The molecule has 0 radical (unpaired) electrons. The van der Waals surface area contributed by atoms with E-state index in [1.54, 1.807) is 12.1 Å². The van der Waals surface area contributed by atoms with E-state index in [4.69, 9.17) is 32.7 Å². The average Bonchev–Trinajstić information content (AvgIpc) is 3.39. The molecule has 4 rings (SSSR count). The van der Waals surface area contributed by atoms with E-state index < -0.39 is 0 Å². The lowest BCUT2D eigenvalue weighted by Gasteiger charge is -2.11. The summed E-state index contributed by atoms with van der Waals surface area (Å²) >= 11 is 18.9. The molecule has 10 heteroatoms. The Morgan fingerprint density at radius 2 is 1.69 bits per heavy atom. The van der Waals surface area contributed by atoms with E-state index in [1.165, 1.54) is 23.3 Å². The zero-order chi connectivity index (χ0) is 24.6. The number of rotatable bonds is 9. The van der Waals surface area contributed by atoms with Gasteiger partial charge >= 0.3 is 0 Å². The van der Waals surface area contributed by atoms with Crippen LogP contribution in [0.25, 0.3) is 0 Å². The molecule has 0 spiro atoms. The zero-order valence-electron chi connectivity index (χ0n) is 18.4. The average molecular weight is 659 g/mol. The predicted molar refractivity (Wildman–Crippen MR) is 155 cm³/mol. The molecule has 0 saturated carbocycles. The minimum Gasteiger partial charge on any atom is -0.486 e. The number of hydrogen-bond acceptors (Lipinski definition) is 6. The third kappa shape index (κ3) is 7.95. The van der Waals surface area contributed by atoms with Crippen LogP contribution in [0.5, 0.6) is 11.5 Å². The Kier molecular flexibility index (Phi) is 9.91. The molecule has 0 aliphatic carbocycles. The molecule has 1 fully saturated rings. The van der Waals surface area contributed by atoms with Crippen molar-refractivity contribution in [2.45, 2.75) is 11.2 Å². The van der Waals surface area contributed by atoms with Gasteiger partial charge in [-0.15, -0.1) is 23.5 Å². The maximum atomic E-state index is 12.1. The van der Waals surface area contributed by atoms with Crippen LogP contribution >= 0.6 is 69.3 Å². The highest BCUT2D eigenvalue weighted by atomic mass is 127. The summed E-state index contributed by atoms with van der Waals surface area (Å²) in [7, 11) is 0. The first-order valence-electron chi connectivity index (χ1n) is 10.6. The van der Waals surface area contributed by atoms with Crippen LogP contribution in [-0.2, 0) is 11.4 Å². The summed E-state index contributed by atoms with van der Waals surface area (Å²) in [6.07, 6.45) is 1.46. The van der Waals surface area contributed by atoms with E-state index in [0.717, 1.165) is 9.13 Å². The lowest BCUT2D eigenvalue weighted by molar-refractivity contribution is -0.123. The Hall–Kier alpha value is -1.59. The maximum absolute atomic E-state index is 12.1. The summed E-state index contributed by atoms with van der Waals surface area (Å²) in [6.45, 7) is 0.206. The van der Waals surface area contributed by atoms with Gasteiger partial charge in [-0.2, -0.15) is 5.10 Å². The summed E-state index contributed by atoms with van der Waals surface area (Å²) in [6, 6.07) is 19.2. The minimum atomic E-state index is -0.373. The van der Waals surface area contributed by atoms with E-state index in [2.05, 4.69) is 33.1 Å². The van der Waals surface area contributed by atoms with Gasteiger partial charge in [0, 0.05) is 15.1 Å². The van der Waals surface area contributed by atoms with Crippen molar-refractivity contribution >= 4 is 81.4 Å². The Bertz CT molecular complexity index is 1170. The van der Waals surface area contributed by atoms with E-state index in [9.17, 15) is 4.79 Å². The number of benzene rings is 3. The quantitative estimate of drug-likeness (QED) is 0.150. The number of amides is 1. The second kappa shape index (κ2) is 13.1. The predicted octanol–water partition coefficient (Wildman–Crippen LogP) is 7.18. The van der Waals surface area contributed by atoms with Crippen molar-refractivity contribution in [2.75, 3.05) is 18.1 Å². The largest absolute Gasteiger partial charge is 0.486 e. The van der Waals surface area contributed by atoms with Crippen LogP contribution in [0.15, 0.2) is 65.8 Å². The molecule has 0 aromatic heterocycles. The normalized spacial score (nSPS) is 13.8. The van der Waals surface area contributed by atoms with E-state index in [1.807, 2.05) is 72.1 Å². The van der Waals surface area contributed by atoms with Crippen LogP contribution in [0.3, 0.4) is 0 Å². The standard InChI is InChI=1S/C25H21Cl2IN2O3S2/c26-21-11-17(12-22(27)24(21)33-14-16-1-5-19(28)6-2-16)13-29-30-23(31)15-32-20-7-3-18(4-8-20)25-34-9-10-35-25/h1-8,11-13,25H,9-10,14-15H2,(H,30,31)/b29-13-. The fourth-order valence-corrected chi connectivity index (χ4v) is 6.99. The van der Waals surface area contributed by atoms with Gasteiger partial charge in [0.1, 0.15) is 12.4 Å². The van der Waals surface area contributed by atoms with Gasteiger partial charge in [-0.25, -0.2) is 5.43 Å². The fraction of sp³-hybridized carbons (Fsp3) is 0.200. The summed E-state index contributed by atoms with van der Waals surface area (Å²) in [5.41, 5.74) is 5.35. The Labute approximate surface area is 236 Å². The molecular formula is C25H21Cl2IN2O3S2. The number of thioether (sulfide) groups is 2. The molecule has 182 valence electrons. The van der Waals surface area contributed by atoms with Crippen LogP contribution < -0.4 is 14.9 Å². The van der Waals surface area contributed by atoms with Gasteiger partial charge in [0.25, 0.3) is 5.91 Å². The zero-order valence-corrected chi connectivity index (χ0v) is 23.7. The number of nitrogens with one attached hydrogen (secondary N) is 1. The highest BCUT2D eigenvalue weighted by Gasteiger charge is 2.18. The molecule has 1 aliphatic heterocycles. The minimum absolute atomic E-state index is 0.142. The second-order valence-corrected chi connectivity index (χ2v) is 12.2. The first-order valence-corrected chi connectivity index (χ1v) is 14.6. The van der Waals surface area contributed by atoms with Crippen molar-refractivity contribution in [2.24, 2.45) is 5.10 Å². The lowest BCUT2D eigenvalue weighted by atomic mass is 10.2. The molecule has 35 heavy (non-hydrogen) atoms. The fourth-order valence-electron chi connectivity index (χ4n) is 3.16.